The highest BCUT2D eigenvalue weighted by Crippen LogP contribution is 2.25. The van der Waals surface area contributed by atoms with E-state index in [1.807, 2.05) is 37.3 Å². The fourth-order valence-electron chi connectivity index (χ4n) is 2.11. The van der Waals surface area contributed by atoms with Gasteiger partial charge in [-0.15, -0.1) is 0 Å². The zero-order valence-corrected chi connectivity index (χ0v) is 10.6. The summed E-state index contributed by atoms with van der Waals surface area (Å²) in [6.45, 7) is 2.68. The molecule has 1 amide bonds. The Balaban J connectivity index is 1.78. The number of hydrogen-bond acceptors (Lipinski definition) is 2. The van der Waals surface area contributed by atoms with Crippen molar-refractivity contribution in [1.29, 1.82) is 0 Å². The van der Waals surface area contributed by atoms with Crippen LogP contribution in [0.3, 0.4) is 0 Å². The van der Waals surface area contributed by atoms with Crippen molar-refractivity contribution in [3.05, 3.63) is 41.5 Å². The van der Waals surface area contributed by atoms with E-state index in [0.717, 1.165) is 24.0 Å². The maximum atomic E-state index is 11.6. The molecule has 0 heterocycles. The minimum absolute atomic E-state index is 0.0698. The van der Waals surface area contributed by atoms with Crippen LogP contribution in [0.5, 0.6) is 0 Å². The van der Waals surface area contributed by atoms with Crippen LogP contribution >= 0.6 is 0 Å². The van der Waals surface area contributed by atoms with Crippen LogP contribution < -0.4 is 5.32 Å². The molecule has 1 saturated carbocycles. The first-order valence-corrected chi connectivity index (χ1v) is 6.35. The predicted octanol–water partition coefficient (Wildman–Crippen LogP) is 1.90. The van der Waals surface area contributed by atoms with Crippen molar-refractivity contribution in [2.24, 2.45) is 5.92 Å². The zero-order chi connectivity index (χ0) is 13.0. The van der Waals surface area contributed by atoms with Gasteiger partial charge in [-0.2, -0.15) is 0 Å². The molecular formula is C15H19NO2. The van der Waals surface area contributed by atoms with Crippen LogP contribution in [0.25, 0.3) is 6.08 Å². The first kappa shape index (κ1) is 12.8. The van der Waals surface area contributed by atoms with E-state index in [9.17, 15) is 4.79 Å². The van der Waals surface area contributed by atoms with Crippen molar-refractivity contribution in [3.63, 3.8) is 0 Å². The Labute approximate surface area is 108 Å². The van der Waals surface area contributed by atoms with E-state index in [2.05, 4.69) is 5.32 Å². The highest BCUT2D eigenvalue weighted by atomic mass is 16.3. The van der Waals surface area contributed by atoms with Crippen LogP contribution in [0.2, 0.25) is 0 Å². The van der Waals surface area contributed by atoms with Gasteiger partial charge in [0.1, 0.15) is 0 Å². The van der Waals surface area contributed by atoms with Crippen molar-refractivity contribution in [2.45, 2.75) is 25.9 Å². The summed E-state index contributed by atoms with van der Waals surface area (Å²) in [5.74, 6) is 0.371. The van der Waals surface area contributed by atoms with E-state index in [0.29, 0.717) is 12.5 Å². The van der Waals surface area contributed by atoms with Gasteiger partial charge in [0.15, 0.2) is 0 Å². The lowest BCUT2D eigenvalue weighted by Gasteiger charge is -2.31. The number of benzene rings is 1. The number of aliphatic hydroxyl groups is 1. The summed E-state index contributed by atoms with van der Waals surface area (Å²) in [6.07, 6.45) is 4.86. The van der Waals surface area contributed by atoms with Gasteiger partial charge >= 0.3 is 0 Å². The van der Waals surface area contributed by atoms with Gasteiger partial charge in [0.2, 0.25) is 5.91 Å². The Kier molecular flexibility index (Phi) is 4.15. The summed E-state index contributed by atoms with van der Waals surface area (Å²) in [5.41, 5.74) is 2.22. The smallest absolute Gasteiger partial charge is 0.244 e. The first-order valence-electron chi connectivity index (χ1n) is 6.35. The lowest BCUT2D eigenvalue weighted by atomic mass is 9.82. The van der Waals surface area contributed by atoms with Gasteiger partial charge in [-0.3, -0.25) is 4.79 Å². The van der Waals surface area contributed by atoms with Gasteiger partial charge in [-0.1, -0.05) is 24.3 Å². The van der Waals surface area contributed by atoms with Crippen LogP contribution in [-0.2, 0) is 4.79 Å². The second-order valence-electron chi connectivity index (χ2n) is 4.93. The van der Waals surface area contributed by atoms with E-state index < -0.39 is 0 Å². The lowest BCUT2D eigenvalue weighted by Crippen LogP contribution is -2.37. The van der Waals surface area contributed by atoms with Gasteiger partial charge in [-0.05, 0) is 42.9 Å². The molecule has 1 fully saturated rings. The number of carbonyl (C=O) groups excluding carboxylic acids is 1. The fraction of sp³-hybridized carbons (Fsp3) is 0.400. The molecule has 0 unspecified atom stereocenters. The van der Waals surface area contributed by atoms with E-state index in [-0.39, 0.29) is 12.0 Å². The van der Waals surface area contributed by atoms with Crippen LogP contribution in [0.1, 0.15) is 24.0 Å². The average molecular weight is 245 g/mol. The third kappa shape index (κ3) is 3.44. The summed E-state index contributed by atoms with van der Waals surface area (Å²) in [6, 6.07) is 7.95. The Hall–Kier alpha value is -1.61. The second kappa shape index (κ2) is 5.83. The molecule has 18 heavy (non-hydrogen) atoms. The number of nitrogens with one attached hydrogen (secondary N) is 1. The first-order chi connectivity index (χ1) is 8.65. The SMILES string of the molecule is Cc1ccccc1C=CC(=O)NCC1CC(O)C1. The van der Waals surface area contributed by atoms with Crippen LogP contribution in [0, 0.1) is 12.8 Å². The van der Waals surface area contributed by atoms with Gasteiger partial charge in [0.25, 0.3) is 0 Å². The molecular weight excluding hydrogens is 226 g/mol. The molecule has 3 nitrogen and oxygen atoms in total. The number of hydrogen-bond donors (Lipinski definition) is 2. The molecule has 0 bridgehead atoms. The number of aliphatic hydroxyl groups excluding tert-OH is 1. The van der Waals surface area contributed by atoms with Gasteiger partial charge in [0, 0.05) is 12.6 Å². The summed E-state index contributed by atoms with van der Waals surface area (Å²) < 4.78 is 0. The van der Waals surface area contributed by atoms with E-state index in [4.69, 9.17) is 5.11 Å². The summed E-state index contributed by atoms with van der Waals surface area (Å²) in [4.78, 5) is 11.6. The highest BCUT2D eigenvalue weighted by Gasteiger charge is 2.26. The van der Waals surface area contributed by atoms with Crippen molar-refractivity contribution < 1.29 is 9.90 Å². The normalized spacial score (nSPS) is 22.8. The van der Waals surface area contributed by atoms with Crippen molar-refractivity contribution in [2.75, 3.05) is 6.54 Å². The third-order valence-electron chi connectivity index (χ3n) is 3.38. The highest BCUT2D eigenvalue weighted by molar-refractivity contribution is 5.91. The molecule has 0 saturated heterocycles. The number of rotatable bonds is 4. The van der Waals surface area contributed by atoms with E-state index in [1.54, 1.807) is 6.08 Å². The Morgan fingerprint density at radius 1 is 1.44 bits per heavy atom. The predicted molar refractivity (Wildman–Crippen MR) is 72.0 cm³/mol. The molecule has 96 valence electrons. The molecule has 0 atom stereocenters. The Morgan fingerprint density at radius 2 is 2.17 bits per heavy atom. The monoisotopic (exact) mass is 245 g/mol. The largest absolute Gasteiger partial charge is 0.393 e. The summed E-state index contributed by atoms with van der Waals surface area (Å²) >= 11 is 0. The second-order valence-corrected chi connectivity index (χ2v) is 4.93. The number of carbonyl (C=O) groups is 1. The summed E-state index contributed by atoms with van der Waals surface area (Å²) in [7, 11) is 0. The van der Waals surface area contributed by atoms with Gasteiger partial charge in [-0.25, -0.2) is 0 Å². The van der Waals surface area contributed by atoms with E-state index >= 15 is 0 Å². The average Bonchev–Trinajstić information content (AvgIpc) is 2.32. The molecule has 1 aromatic carbocycles. The molecule has 2 rings (SSSR count). The fourth-order valence-corrected chi connectivity index (χ4v) is 2.11. The molecule has 0 aromatic heterocycles. The third-order valence-corrected chi connectivity index (χ3v) is 3.38. The maximum Gasteiger partial charge on any atom is 0.244 e. The minimum Gasteiger partial charge on any atom is -0.393 e. The van der Waals surface area contributed by atoms with Crippen molar-refractivity contribution in [1.82, 2.24) is 5.32 Å². The lowest BCUT2D eigenvalue weighted by molar-refractivity contribution is -0.117. The summed E-state index contributed by atoms with van der Waals surface area (Å²) in [5, 5.41) is 12.0. The van der Waals surface area contributed by atoms with Crippen LogP contribution in [0.4, 0.5) is 0 Å². The molecule has 1 aliphatic carbocycles. The van der Waals surface area contributed by atoms with E-state index in [1.165, 1.54) is 0 Å². The molecule has 1 aliphatic rings. The quantitative estimate of drug-likeness (QED) is 0.796. The number of aryl methyl sites for hydroxylation is 1. The standard InChI is InChI=1S/C15H19NO2/c1-11-4-2-3-5-13(11)6-7-15(18)16-10-12-8-14(17)9-12/h2-7,12,14,17H,8-10H2,1H3,(H,16,18). The topological polar surface area (TPSA) is 49.3 Å². The maximum absolute atomic E-state index is 11.6. The molecule has 3 heteroatoms. The molecule has 0 spiro atoms. The van der Waals surface area contributed by atoms with Crippen LogP contribution in [-0.4, -0.2) is 23.7 Å². The molecule has 1 aromatic rings. The Morgan fingerprint density at radius 3 is 2.83 bits per heavy atom. The van der Waals surface area contributed by atoms with Crippen molar-refractivity contribution >= 4 is 12.0 Å². The van der Waals surface area contributed by atoms with Gasteiger partial charge in [0.05, 0.1) is 6.10 Å². The Bertz CT molecular complexity index is 448. The van der Waals surface area contributed by atoms with Crippen molar-refractivity contribution in [3.8, 4) is 0 Å². The molecule has 0 aliphatic heterocycles. The molecule has 0 radical (unpaired) electrons. The minimum atomic E-state index is -0.158. The van der Waals surface area contributed by atoms with Gasteiger partial charge < -0.3 is 10.4 Å². The number of amides is 1. The van der Waals surface area contributed by atoms with Crippen LogP contribution in [0.15, 0.2) is 30.3 Å². The zero-order valence-electron chi connectivity index (χ0n) is 10.6. The molecule has 2 N–H and O–H groups in total.